The van der Waals surface area contributed by atoms with E-state index in [0.717, 1.165) is 0 Å². The summed E-state index contributed by atoms with van der Waals surface area (Å²) in [5.74, 6) is 0.565. The Labute approximate surface area is 113 Å². The van der Waals surface area contributed by atoms with Crippen molar-refractivity contribution in [3.63, 3.8) is 0 Å². The maximum Gasteiger partial charge on any atom is 0.229 e. The highest BCUT2D eigenvalue weighted by atomic mass is 35.5. The maximum atomic E-state index is 11.7. The minimum Gasteiger partial charge on any atom is -0.506 e. The van der Waals surface area contributed by atoms with Crippen molar-refractivity contribution in [1.82, 2.24) is 20.6 Å². The molecule has 7 nitrogen and oxygen atoms in total. The van der Waals surface area contributed by atoms with Crippen LogP contribution in [0.3, 0.4) is 0 Å². The molecule has 1 atom stereocenters. The van der Waals surface area contributed by atoms with Crippen molar-refractivity contribution >= 4 is 23.2 Å². The molecule has 2 aromatic rings. The van der Waals surface area contributed by atoms with Gasteiger partial charge in [0.15, 0.2) is 5.82 Å². The number of hydrogen-bond donors (Lipinski definition) is 2. The fraction of sp³-hybridized carbons (Fsp3) is 0.273. The van der Waals surface area contributed by atoms with Crippen LogP contribution in [0.2, 0.25) is 5.02 Å². The average molecular weight is 280 g/mol. The van der Waals surface area contributed by atoms with Crippen molar-refractivity contribution < 1.29 is 9.90 Å². The number of phenolic OH excluding ortho intramolecular Hbond substituents is 1. The Bertz CT molecular complexity index is 616. The molecule has 1 amide bonds. The number of carbonyl (C=O) groups is 1. The maximum absolute atomic E-state index is 11.7. The summed E-state index contributed by atoms with van der Waals surface area (Å²) in [6.07, 6.45) is 0.966. The van der Waals surface area contributed by atoms with E-state index in [2.05, 4.69) is 20.6 Å². The minimum absolute atomic E-state index is 0.00638. The second-order valence-electron chi connectivity index (χ2n) is 4.29. The van der Waals surface area contributed by atoms with Gasteiger partial charge < -0.3 is 10.0 Å². The van der Waals surface area contributed by atoms with Gasteiger partial charge in [-0.25, -0.2) is 0 Å². The van der Waals surface area contributed by atoms with Crippen LogP contribution in [0.15, 0.2) is 18.2 Å². The van der Waals surface area contributed by atoms with E-state index in [-0.39, 0.29) is 22.7 Å². The Morgan fingerprint density at radius 1 is 1.53 bits per heavy atom. The van der Waals surface area contributed by atoms with Crippen molar-refractivity contribution in [1.29, 1.82) is 0 Å². The first-order chi connectivity index (χ1) is 9.15. The van der Waals surface area contributed by atoms with Crippen LogP contribution >= 0.6 is 11.6 Å². The van der Waals surface area contributed by atoms with Gasteiger partial charge in [0.25, 0.3) is 0 Å². The topological polar surface area (TPSA) is 95.0 Å². The number of nitrogens with one attached hydrogen (secondary N) is 1. The number of aromatic hydroxyl groups is 1. The van der Waals surface area contributed by atoms with Gasteiger partial charge in [-0.2, -0.15) is 5.21 Å². The van der Waals surface area contributed by atoms with Crippen LogP contribution in [0.1, 0.15) is 12.2 Å². The van der Waals surface area contributed by atoms with E-state index >= 15 is 0 Å². The zero-order valence-corrected chi connectivity index (χ0v) is 10.5. The molecule has 2 N–H and O–H groups in total. The van der Waals surface area contributed by atoms with Crippen molar-refractivity contribution in [3.05, 3.63) is 29.0 Å². The van der Waals surface area contributed by atoms with E-state index < -0.39 is 0 Å². The van der Waals surface area contributed by atoms with Crippen molar-refractivity contribution in [2.24, 2.45) is 0 Å². The number of carbonyl (C=O) groups excluding carboxylic acids is 1. The lowest BCUT2D eigenvalue weighted by atomic mass is 9.97. The summed E-state index contributed by atoms with van der Waals surface area (Å²) >= 11 is 5.85. The molecule has 0 aliphatic carbocycles. The quantitative estimate of drug-likeness (QED) is 0.814. The number of amides is 1. The van der Waals surface area contributed by atoms with Gasteiger partial charge in [0.05, 0.1) is 11.1 Å². The highest BCUT2D eigenvalue weighted by Crippen LogP contribution is 2.34. The molecule has 0 spiro atoms. The van der Waals surface area contributed by atoms with Crippen LogP contribution in [0.5, 0.6) is 5.75 Å². The van der Waals surface area contributed by atoms with E-state index in [4.69, 9.17) is 11.6 Å². The van der Waals surface area contributed by atoms with Gasteiger partial charge in [0.2, 0.25) is 5.91 Å². The molecule has 1 aliphatic heterocycles. The number of aromatic nitrogens is 4. The molecule has 3 rings (SSSR count). The number of halogens is 1. The number of phenols is 1. The van der Waals surface area contributed by atoms with Gasteiger partial charge in [-0.3, -0.25) is 4.79 Å². The number of nitrogens with zero attached hydrogens (tertiary/aromatic N) is 4. The predicted octanol–water partition coefficient (Wildman–Crippen LogP) is 0.907. The Balaban J connectivity index is 1.81. The van der Waals surface area contributed by atoms with E-state index in [0.29, 0.717) is 24.4 Å². The summed E-state index contributed by atoms with van der Waals surface area (Å²) < 4.78 is 0. The third-order valence-corrected chi connectivity index (χ3v) is 3.36. The lowest BCUT2D eigenvalue weighted by Gasteiger charge is -2.40. The second-order valence-corrected chi connectivity index (χ2v) is 4.70. The number of aromatic amines is 1. The molecular weight excluding hydrogens is 270 g/mol. The molecule has 98 valence electrons. The average Bonchev–Trinajstić information content (AvgIpc) is 2.86. The highest BCUT2D eigenvalue weighted by molar-refractivity contribution is 6.32. The van der Waals surface area contributed by atoms with Crippen LogP contribution in [-0.4, -0.2) is 37.7 Å². The Morgan fingerprint density at radius 2 is 2.37 bits per heavy atom. The van der Waals surface area contributed by atoms with Gasteiger partial charge in [-0.05, 0) is 18.2 Å². The zero-order chi connectivity index (χ0) is 13.4. The molecule has 1 unspecified atom stereocenters. The lowest BCUT2D eigenvalue weighted by Crippen LogP contribution is -2.54. The van der Waals surface area contributed by atoms with Gasteiger partial charge in [-0.1, -0.05) is 16.8 Å². The summed E-state index contributed by atoms with van der Waals surface area (Å²) in [5, 5.41) is 23.2. The molecule has 1 aliphatic rings. The summed E-state index contributed by atoms with van der Waals surface area (Å²) in [4.78, 5) is 13.3. The number of benzene rings is 1. The SMILES string of the molecule is O=C1CC(Cc2nn[nH]n2)N1c1ccc(O)c(Cl)c1. The van der Waals surface area contributed by atoms with Gasteiger partial charge in [0.1, 0.15) is 5.75 Å². The Morgan fingerprint density at radius 3 is 3.00 bits per heavy atom. The largest absolute Gasteiger partial charge is 0.506 e. The third-order valence-electron chi connectivity index (χ3n) is 3.06. The molecule has 1 aromatic carbocycles. The fourth-order valence-electron chi connectivity index (χ4n) is 2.13. The van der Waals surface area contributed by atoms with E-state index in [9.17, 15) is 9.90 Å². The van der Waals surface area contributed by atoms with Gasteiger partial charge in [-0.15, -0.1) is 10.2 Å². The normalized spacial score (nSPS) is 18.5. The molecule has 2 heterocycles. The summed E-state index contributed by atoms with van der Waals surface area (Å²) in [5.41, 5.74) is 0.660. The third kappa shape index (κ3) is 2.12. The van der Waals surface area contributed by atoms with Crippen LogP contribution in [0, 0.1) is 0 Å². The molecule has 1 fully saturated rings. The standard InChI is InChI=1S/C11H10ClN5O2/c12-8-3-6(1-2-9(8)18)17-7(5-11(17)19)4-10-13-15-16-14-10/h1-3,7,18H,4-5H2,(H,13,14,15,16). The Hall–Kier alpha value is -2.15. The minimum atomic E-state index is -0.00860. The lowest BCUT2D eigenvalue weighted by molar-refractivity contribution is -0.124. The molecule has 8 heteroatoms. The number of H-pyrrole nitrogens is 1. The molecule has 0 radical (unpaired) electrons. The summed E-state index contributed by atoms with van der Waals surface area (Å²) in [6, 6.07) is 4.68. The van der Waals surface area contributed by atoms with Gasteiger partial charge in [0, 0.05) is 18.5 Å². The first-order valence-electron chi connectivity index (χ1n) is 5.68. The number of tetrazole rings is 1. The smallest absolute Gasteiger partial charge is 0.229 e. The van der Waals surface area contributed by atoms with Crippen molar-refractivity contribution in [2.75, 3.05) is 4.90 Å². The molecular formula is C11H10ClN5O2. The van der Waals surface area contributed by atoms with E-state index in [1.807, 2.05) is 0 Å². The van der Waals surface area contributed by atoms with Gasteiger partial charge >= 0.3 is 0 Å². The summed E-state index contributed by atoms with van der Waals surface area (Å²) in [6.45, 7) is 0. The monoisotopic (exact) mass is 279 g/mol. The number of rotatable bonds is 3. The van der Waals surface area contributed by atoms with Crippen molar-refractivity contribution in [3.8, 4) is 5.75 Å². The molecule has 1 aromatic heterocycles. The molecule has 19 heavy (non-hydrogen) atoms. The molecule has 1 saturated heterocycles. The van der Waals surface area contributed by atoms with Crippen LogP contribution < -0.4 is 4.90 Å². The summed E-state index contributed by atoms with van der Waals surface area (Å²) in [7, 11) is 0. The predicted molar refractivity (Wildman–Crippen MR) is 66.9 cm³/mol. The molecule has 0 saturated carbocycles. The second kappa shape index (κ2) is 4.51. The Kier molecular flexibility index (Phi) is 2.83. The fourth-order valence-corrected chi connectivity index (χ4v) is 2.30. The number of β-lactam (4-membered cyclic amide) rings is 1. The zero-order valence-electron chi connectivity index (χ0n) is 9.75. The number of anilines is 1. The molecule has 0 bridgehead atoms. The van der Waals surface area contributed by atoms with Crippen LogP contribution in [0.4, 0.5) is 5.69 Å². The number of hydrogen-bond acceptors (Lipinski definition) is 5. The van der Waals surface area contributed by atoms with E-state index in [1.54, 1.807) is 17.0 Å². The van der Waals surface area contributed by atoms with E-state index in [1.165, 1.54) is 6.07 Å². The van der Waals surface area contributed by atoms with Crippen LogP contribution in [0.25, 0.3) is 0 Å². The van der Waals surface area contributed by atoms with Crippen LogP contribution in [-0.2, 0) is 11.2 Å². The first-order valence-corrected chi connectivity index (χ1v) is 6.06. The van der Waals surface area contributed by atoms with Crippen molar-refractivity contribution in [2.45, 2.75) is 18.9 Å². The first kappa shape index (κ1) is 11.9. The highest BCUT2D eigenvalue weighted by Gasteiger charge is 2.38.